The Balaban J connectivity index is 2.31. The molecule has 1 aliphatic carbocycles. The lowest BCUT2D eigenvalue weighted by molar-refractivity contribution is 0.0667. The summed E-state index contributed by atoms with van der Waals surface area (Å²) in [5, 5.41) is 9.26. The third-order valence-electron chi connectivity index (χ3n) is 3.21. The van der Waals surface area contributed by atoms with Crippen molar-refractivity contribution in [1.82, 2.24) is 4.98 Å². The first-order valence-corrected chi connectivity index (χ1v) is 6.53. The van der Waals surface area contributed by atoms with E-state index in [1.54, 1.807) is 13.2 Å². The molecule has 19 heavy (non-hydrogen) atoms. The van der Waals surface area contributed by atoms with Crippen LogP contribution < -0.4 is 4.74 Å². The predicted molar refractivity (Wildman–Crippen MR) is 69.8 cm³/mol. The number of pyridine rings is 1. The van der Waals surface area contributed by atoms with E-state index >= 15 is 0 Å². The minimum atomic E-state index is -1.000. The van der Waals surface area contributed by atoms with E-state index in [2.05, 4.69) is 4.98 Å². The minimum absolute atomic E-state index is 0.142. The van der Waals surface area contributed by atoms with Gasteiger partial charge in [-0.1, -0.05) is 0 Å². The molecule has 0 aliphatic heterocycles. The van der Waals surface area contributed by atoms with Crippen molar-refractivity contribution in [2.24, 2.45) is 0 Å². The van der Waals surface area contributed by atoms with E-state index in [-0.39, 0.29) is 17.5 Å². The minimum Gasteiger partial charge on any atom is -0.477 e. The first kappa shape index (κ1) is 13.8. The zero-order valence-electron chi connectivity index (χ0n) is 11.3. The third kappa shape index (κ3) is 3.23. The number of rotatable bonds is 5. The van der Waals surface area contributed by atoms with Gasteiger partial charge < -0.3 is 14.6 Å². The van der Waals surface area contributed by atoms with E-state index in [0.29, 0.717) is 6.61 Å². The van der Waals surface area contributed by atoms with Crippen molar-refractivity contribution in [3.05, 3.63) is 22.9 Å². The van der Waals surface area contributed by atoms with Crippen molar-refractivity contribution >= 4 is 5.97 Å². The Morgan fingerprint density at radius 2 is 2.21 bits per heavy atom. The van der Waals surface area contributed by atoms with Crippen molar-refractivity contribution in [1.29, 1.82) is 0 Å². The number of methoxy groups -OCH3 is 1. The summed E-state index contributed by atoms with van der Waals surface area (Å²) in [6, 6.07) is 1.71. The highest BCUT2D eigenvalue weighted by Gasteiger charge is 2.21. The molecule has 1 unspecified atom stereocenters. The Kier molecular flexibility index (Phi) is 4.37. The summed E-state index contributed by atoms with van der Waals surface area (Å²) in [7, 11) is 1.58. The van der Waals surface area contributed by atoms with Crippen LogP contribution >= 0.6 is 0 Å². The molecular formula is C14H19NO4. The number of carboxylic acids is 1. The van der Waals surface area contributed by atoms with Crippen LogP contribution in [0.25, 0.3) is 0 Å². The van der Waals surface area contributed by atoms with Gasteiger partial charge in [-0.25, -0.2) is 9.78 Å². The molecular weight excluding hydrogens is 246 g/mol. The van der Waals surface area contributed by atoms with E-state index in [4.69, 9.17) is 9.47 Å². The van der Waals surface area contributed by atoms with Gasteiger partial charge in [0.15, 0.2) is 0 Å². The number of hydrogen-bond donors (Lipinski definition) is 1. The van der Waals surface area contributed by atoms with Gasteiger partial charge in [-0.15, -0.1) is 0 Å². The molecule has 1 aromatic heterocycles. The van der Waals surface area contributed by atoms with Gasteiger partial charge in [-0.2, -0.15) is 0 Å². The molecule has 1 heterocycles. The molecule has 0 amide bonds. The number of carbonyl (C=O) groups is 1. The number of ether oxygens (including phenoxy) is 2. The van der Waals surface area contributed by atoms with Gasteiger partial charge in [0, 0.05) is 12.8 Å². The highest BCUT2D eigenvalue weighted by molar-refractivity contribution is 5.90. The van der Waals surface area contributed by atoms with Crippen LogP contribution in [0.1, 0.15) is 41.4 Å². The van der Waals surface area contributed by atoms with Gasteiger partial charge in [0.2, 0.25) is 5.88 Å². The zero-order chi connectivity index (χ0) is 13.8. The van der Waals surface area contributed by atoms with E-state index in [9.17, 15) is 9.90 Å². The maximum atomic E-state index is 11.3. The quantitative estimate of drug-likeness (QED) is 0.882. The molecule has 1 N–H and O–H groups in total. The first-order valence-electron chi connectivity index (χ1n) is 6.53. The number of fused-ring (bicyclic) bond motifs is 1. The second-order valence-electron chi connectivity index (χ2n) is 4.84. The Morgan fingerprint density at radius 1 is 1.47 bits per heavy atom. The molecule has 1 aliphatic rings. The molecule has 5 nitrogen and oxygen atoms in total. The lowest BCUT2D eigenvalue weighted by atomic mass is 9.95. The van der Waals surface area contributed by atoms with Crippen LogP contribution in [0.15, 0.2) is 6.07 Å². The maximum absolute atomic E-state index is 11.3. The molecule has 0 aromatic carbocycles. The molecule has 5 heteroatoms. The Morgan fingerprint density at radius 3 is 2.89 bits per heavy atom. The van der Waals surface area contributed by atoms with Gasteiger partial charge in [-0.05, 0) is 44.2 Å². The summed E-state index contributed by atoms with van der Waals surface area (Å²) >= 11 is 0. The number of aromatic carboxylic acids is 1. The summed E-state index contributed by atoms with van der Waals surface area (Å²) in [6.45, 7) is 2.23. The highest BCUT2D eigenvalue weighted by Crippen LogP contribution is 2.26. The van der Waals surface area contributed by atoms with Crippen LogP contribution in [0.4, 0.5) is 0 Å². The van der Waals surface area contributed by atoms with Crippen LogP contribution in [0.2, 0.25) is 0 Å². The summed E-state index contributed by atoms with van der Waals surface area (Å²) in [5.41, 5.74) is 2.15. The van der Waals surface area contributed by atoms with Crippen molar-refractivity contribution in [3.8, 4) is 5.88 Å². The normalized spacial score (nSPS) is 15.7. The first-order chi connectivity index (χ1) is 9.11. The summed E-state index contributed by atoms with van der Waals surface area (Å²) in [5.74, 6) is -0.793. The second-order valence-corrected chi connectivity index (χ2v) is 4.84. The second kappa shape index (κ2) is 6.02. The maximum Gasteiger partial charge on any atom is 0.341 e. The van der Waals surface area contributed by atoms with Crippen LogP contribution in [0.3, 0.4) is 0 Å². The van der Waals surface area contributed by atoms with Crippen LogP contribution in [0.5, 0.6) is 5.88 Å². The van der Waals surface area contributed by atoms with E-state index in [1.807, 2.05) is 6.92 Å². The summed E-state index contributed by atoms with van der Waals surface area (Å²) in [6.07, 6.45) is 3.76. The van der Waals surface area contributed by atoms with E-state index in [1.165, 1.54) is 0 Å². The molecule has 0 saturated carbocycles. The number of aryl methyl sites for hydroxylation is 2. The Labute approximate surface area is 112 Å². The monoisotopic (exact) mass is 265 g/mol. The molecule has 1 aromatic rings. The zero-order valence-corrected chi connectivity index (χ0v) is 11.3. The number of carboxylic acid groups (broad SMARTS) is 1. The van der Waals surface area contributed by atoms with E-state index in [0.717, 1.165) is 36.9 Å². The van der Waals surface area contributed by atoms with Gasteiger partial charge in [0.05, 0.1) is 6.61 Å². The van der Waals surface area contributed by atoms with Crippen LogP contribution in [-0.2, 0) is 17.6 Å². The van der Waals surface area contributed by atoms with Crippen molar-refractivity contribution in [2.45, 2.75) is 38.7 Å². The SMILES string of the molecule is COCC(C)Oc1nc2c(cc1C(=O)O)CCCC2. The number of aromatic nitrogens is 1. The Hall–Kier alpha value is -1.62. The smallest absolute Gasteiger partial charge is 0.341 e. The average molecular weight is 265 g/mol. The van der Waals surface area contributed by atoms with Gasteiger partial charge in [0.1, 0.15) is 11.7 Å². The molecule has 1 atom stereocenters. The van der Waals surface area contributed by atoms with Crippen molar-refractivity contribution in [2.75, 3.05) is 13.7 Å². The summed E-state index contributed by atoms with van der Waals surface area (Å²) in [4.78, 5) is 15.7. The molecule has 0 bridgehead atoms. The molecule has 0 spiro atoms. The van der Waals surface area contributed by atoms with Crippen molar-refractivity contribution in [3.63, 3.8) is 0 Å². The largest absolute Gasteiger partial charge is 0.477 e. The number of nitrogens with zero attached hydrogens (tertiary/aromatic N) is 1. The Bertz CT molecular complexity index is 473. The fourth-order valence-electron chi connectivity index (χ4n) is 2.32. The lowest BCUT2D eigenvalue weighted by Gasteiger charge is -2.19. The van der Waals surface area contributed by atoms with Crippen molar-refractivity contribution < 1.29 is 19.4 Å². The molecule has 104 valence electrons. The standard InChI is InChI=1S/C14H19NO4/c1-9(8-18-2)19-13-11(14(16)17)7-10-5-3-4-6-12(10)15-13/h7,9H,3-6,8H2,1-2H3,(H,16,17). The van der Waals surface area contributed by atoms with Crippen LogP contribution in [0, 0.1) is 0 Å². The topological polar surface area (TPSA) is 68.7 Å². The molecule has 0 fully saturated rings. The molecule has 0 saturated heterocycles. The molecule has 2 rings (SSSR count). The van der Waals surface area contributed by atoms with Crippen LogP contribution in [-0.4, -0.2) is 35.9 Å². The number of hydrogen-bond acceptors (Lipinski definition) is 4. The van der Waals surface area contributed by atoms with Gasteiger partial charge in [0.25, 0.3) is 0 Å². The predicted octanol–water partition coefficient (Wildman–Crippen LogP) is 2.07. The highest BCUT2D eigenvalue weighted by atomic mass is 16.5. The average Bonchev–Trinajstić information content (AvgIpc) is 2.38. The molecule has 0 radical (unpaired) electrons. The summed E-state index contributed by atoms with van der Waals surface area (Å²) < 4.78 is 10.6. The lowest BCUT2D eigenvalue weighted by Crippen LogP contribution is -2.21. The van der Waals surface area contributed by atoms with Gasteiger partial charge in [-0.3, -0.25) is 0 Å². The fourth-order valence-corrected chi connectivity index (χ4v) is 2.32. The fraction of sp³-hybridized carbons (Fsp3) is 0.571. The van der Waals surface area contributed by atoms with Gasteiger partial charge >= 0.3 is 5.97 Å². The third-order valence-corrected chi connectivity index (χ3v) is 3.21. The van der Waals surface area contributed by atoms with E-state index < -0.39 is 5.97 Å².